The molecule has 0 bridgehead atoms. The lowest BCUT2D eigenvalue weighted by Gasteiger charge is -2.39. The Kier molecular flexibility index (Phi) is 8.22. The molecule has 2 aromatic carbocycles. The average Bonchev–Trinajstić information content (AvgIpc) is 2.79. The Morgan fingerprint density at radius 3 is 2.53 bits per heavy atom. The molecular weight excluding hydrogens is 407 g/mol. The topological polar surface area (TPSA) is 64.7 Å². The fourth-order valence-electron chi connectivity index (χ4n) is 4.05. The van der Waals surface area contributed by atoms with Gasteiger partial charge in [0.2, 0.25) is 5.91 Å². The Bertz CT molecular complexity index is 919. The fraction of sp³-hybridized carbons (Fsp3) is 0.440. The molecule has 1 aliphatic rings. The van der Waals surface area contributed by atoms with Crippen LogP contribution in [-0.4, -0.2) is 55.5 Å². The Hall–Kier alpha value is -2.93. The molecule has 2 N–H and O–H groups in total. The maximum Gasteiger partial charge on any atom is 0.318 e. The van der Waals surface area contributed by atoms with Gasteiger partial charge in [-0.05, 0) is 56.6 Å². The minimum atomic E-state index is -0.266. The number of hydrogen-bond acceptors (Lipinski definition) is 3. The largest absolute Gasteiger partial charge is 0.355 e. The number of nitrogens with one attached hydrogen (secondary N) is 2. The van der Waals surface area contributed by atoms with Crippen LogP contribution >= 0.6 is 0 Å². The van der Waals surface area contributed by atoms with Crippen molar-refractivity contribution in [1.82, 2.24) is 20.4 Å². The Morgan fingerprint density at radius 1 is 1.09 bits per heavy atom. The third kappa shape index (κ3) is 6.29. The van der Waals surface area contributed by atoms with E-state index in [4.69, 9.17) is 0 Å². The number of piperidine rings is 1. The first-order valence-electron chi connectivity index (χ1n) is 11.1. The molecule has 2 aromatic rings. The van der Waals surface area contributed by atoms with E-state index in [0.29, 0.717) is 38.0 Å². The number of aryl methyl sites for hydroxylation is 1. The van der Waals surface area contributed by atoms with Crippen LogP contribution in [0, 0.1) is 18.7 Å². The van der Waals surface area contributed by atoms with E-state index in [1.807, 2.05) is 49.3 Å². The van der Waals surface area contributed by atoms with E-state index >= 15 is 0 Å². The van der Waals surface area contributed by atoms with Crippen LogP contribution in [-0.2, 0) is 11.3 Å². The number of nitrogens with zero attached hydrogens (tertiary/aromatic N) is 2. The van der Waals surface area contributed by atoms with Gasteiger partial charge in [-0.1, -0.05) is 42.5 Å². The molecule has 7 heteroatoms. The lowest BCUT2D eigenvalue weighted by Crippen LogP contribution is -2.50. The van der Waals surface area contributed by atoms with Crippen molar-refractivity contribution in [3.05, 3.63) is 71.0 Å². The molecule has 1 fully saturated rings. The van der Waals surface area contributed by atoms with Gasteiger partial charge in [-0.2, -0.15) is 0 Å². The molecule has 0 aromatic heterocycles. The van der Waals surface area contributed by atoms with Crippen molar-refractivity contribution >= 4 is 11.9 Å². The zero-order valence-electron chi connectivity index (χ0n) is 19.1. The van der Waals surface area contributed by atoms with E-state index in [1.54, 1.807) is 24.0 Å². The number of carbonyl (C=O) groups is 2. The summed E-state index contributed by atoms with van der Waals surface area (Å²) in [6.45, 7) is 3.80. The van der Waals surface area contributed by atoms with Gasteiger partial charge in [-0.15, -0.1) is 0 Å². The molecule has 32 heavy (non-hydrogen) atoms. The summed E-state index contributed by atoms with van der Waals surface area (Å²) in [7, 11) is 3.92. The number of carbonyl (C=O) groups excluding carboxylic acids is 2. The summed E-state index contributed by atoms with van der Waals surface area (Å²) in [6.07, 6.45) is 1.33. The molecule has 0 radical (unpaired) electrons. The number of rotatable bonds is 7. The zero-order chi connectivity index (χ0) is 23.1. The molecule has 2 atom stereocenters. The first kappa shape index (κ1) is 23.7. The van der Waals surface area contributed by atoms with Gasteiger partial charge in [0.1, 0.15) is 5.82 Å². The number of amides is 3. The van der Waals surface area contributed by atoms with E-state index in [2.05, 4.69) is 10.6 Å². The van der Waals surface area contributed by atoms with Crippen molar-refractivity contribution in [2.24, 2.45) is 5.92 Å². The second kappa shape index (κ2) is 11.1. The molecule has 0 spiro atoms. The highest BCUT2D eigenvalue weighted by Gasteiger charge is 2.35. The predicted molar refractivity (Wildman–Crippen MR) is 124 cm³/mol. The molecule has 1 heterocycles. The maximum atomic E-state index is 13.8. The number of urea groups is 1. The van der Waals surface area contributed by atoms with Crippen molar-refractivity contribution in [2.45, 2.75) is 32.4 Å². The second-order valence-electron chi connectivity index (χ2n) is 8.69. The lowest BCUT2D eigenvalue weighted by atomic mass is 9.88. The van der Waals surface area contributed by atoms with Crippen LogP contribution in [0.2, 0.25) is 0 Å². The molecule has 3 rings (SSSR count). The van der Waals surface area contributed by atoms with Crippen LogP contribution < -0.4 is 10.6 Å². The minimum Gasteiger partial charge on any atom is -0.355 e. The number of benzene rings is 2. The number of likely N-dealkylation sites (tertiary alicyclic amines) is 1. The summed E-state index contributed by atoms with van der Waals surface area (Å²) in [5.74, 6) is -0.554. The normalized spacial score (nSPS) is 18.5. The van der Waals surface area contributed by atoms with Gasteiger partial charge < -0.3 is 20.4 Å². The van der Waals surface area contributed by atoms with Crippen molar-refractivity contribution in [1.29, 1.82) is 0 Å². The second-order valence-corrected chi connectivity index (χ2v) is 8.69. The molecule has 172 valence electrons. The van der Waals surface area contributed by atoms with Gasteiger partial charge in [0.15, 0.2) is 0 Å². The summed E-state index contributed by atoms with van der Waals surface area (Å²) in [4.78, 5) is 29.7. The highest BCUT2D eigenvalue weighted by molar-refractivity contribution is 5.81. The molecule has 1 saturated heterocycles. The highest BCUT2D eigenvalue weighted by Crippen LogP contribution is 2.34. The van der Waals surface area contributed by atoms with Gasteiger partial charge in [0, 0.05) is 26.2 Å². The van der Waals surface area contributed by atoms with E-state index in [-0.39, 0.29) is 29.7 Å². The number of halogens is 1. The van der Waals surface area contributed by atoms with Crippen LogP contribution in [0.25, 0.3) is 0 Å². The van der Waals surface area contributed by atoms with Gasteiger partial charge >= 0.3 is 6.03 Å². The summed E-state index contributed by atoms with van der Waals surface area (Å²) >= 11 is 0. The average molecular weight is 441 g/mol. The third-order valence-corrected chi connectivity index (χ3v) is 5.93. The van der Waals surface area contributed by atoms with Gasteiger partial charge in [-0.25, -0.2) is 9.18 Å². The first-order valence-corrected chi connectivity index (χ1v) is 11.1. The molecule has 6 nitrogen and oxygen atoms in total. The SMILES string of the molecule is Cc1cc([C@@H]2CC[C@H](C(=O)NCCN(C)C)CN2C(=O)NCc2ccccc2)ccc1F. The van der Waals surface area contributed by atoms with Crippen LogP contribution in [0.5, 0.6) is 0 Å². The van der Waals surface area contributed by atoms with Crippen molar-refractivity contribution in [3.8, 4) is 0 Å². The molecule has 0 saturated carbocycles. The van der Waals surface area contributed by atoms with E-state index in [1.165, 1.54) is 6.07 Å². The summed E-state index contributed by atoms with van der Waals surface area (Å²) in [6, 6.07) is 14.3. The fourth-order valence-corrected chi connectivity index (χ4v) is 4.05. The molecule has 0 unspecified atom stereocenters. The van der Waals surface area contributed by atoms with Crippen LogP contribution in [0.1, 0.15) is 35.6 Å². The minimum absolute atomic E-state index is 0.0264. The van der Waals surface area contributed by atoms with Crippen LogP contribution in [0.3, 0.4) is 0 Å². The quantitative estimate of drug-likeness (QED) is 0.693. The summed E-state index contributed by atoms with van der Waals surface area (Å²) in [5, 5.41) is 5.97. The molecule has 3 amide bonds. The van der Waals surface area contributed by atoms with Gasteiger partial charge in [0.25, 0.3) is 0 Å². The Morgan fingerprint density at radius 2 is 1.84 bits per heavy atom. The first-order chi connectivity index (χ1) is 15.3. The van der Waals surface area contributed by atoms with Gasteiger partial charge in [0.05, 0.1) is 12.0 Å². The van der Waals surface area contributed by atoms with Crippen LogP contribution in [0.4, 0.5) is 9.18 Å². The maximum absolute atomic E-state index is 13.8. The van der Waals surface area contributed by atoms with E-state index < -0.39 is 0 Å². The monoisotopic (exact) mass is 440 g/mol. The molecular formula is C25H33FN4O2. The van der Waals surface area contributed by atoms with Crippen molar-refractivity contribution in [3.63, 3.8) is 0 Å². The number of hydrogen-bond donors (Lipinski definition) is 2. The highest BCUT2D eigenvalue weighted by atomic mass is 19.1. The standard InChI is InChI=1S/C25H33FN4O2/c1-18-15-20(9-11-22(18)26)23-12-10-21(24(31)27-13-14-29(2)3)17-30(23)25(32)28-16-19-7-5-4-6-8-19/h4-9,11,15,21,23H,10,12-14,16-17H2,1-3H3,(H,27,31)(H,28,32)/t21-,23-/m0/s1. The predicted octanol–water partition coefficient (Wildman–Crippen LogP) is 3.47. The van der Waals surface area contributed by atoms with E-state index in [0.717, 1.165) is 17.7 Å². The lowest BCUT2D eigenvalue weighted by molar-refractivity contribution is -0.126. The van der Waals surface area contributed by atoms with Crippen molar-refractivity contribution < 1.29 is 14.0 Å². The van der Waals surface area contributed by atoms with Crippen molar-refractivity contribution in [2.75, 3.05) is 33.7 Å². The summed E-state index contributed by atoms with van der Waals surface area (Å²) in [5.41, 5.74) is 2.45. The molecule has 0 aliphatic carbocycles. The Balaban J connectivity index is 1.73. The third-order valence-electron chi connectivity index (χ3n) is 5.93. The Labute approximate surface area is 189 Å². The smallest absolute Gasteiger partial charge is 0.318 e. The zero-order valence-corrected chi connectivity index (χ0v) is 19.1. The van der Waals surface area contributed by atoms with E-state index in [9.17, 15) is 14.0 Å². The summed E-state index contributed by atoms with van der Waals surface area (Å²) < 4.78 is 13.8. The number of likely N-dealkylation sites (N-methyl/N-ethyl adjacent to an activating group) is 1. The van der Waals surface area contributed by atoms with Gasteiger partial charge in [-0.3, -0.25) is 4.79 Å². The van der Waals surface area contributed by atoms with Crippen LogP contribution in [0.15, 0.2) is 48.5 Å². The molecule has 1 aliphatic heterocycles.